The molecule has 0 aliphatic heterocycles. The number of esters is 1. The van der Waals surface area contributed by atoms with Gasteiger partial charge in [-0.1, -0.05) is 30.3 Å². The van der Waals surface area contributed by atoms with Crippen LogP contribution in [0.4, 0.5) is 5.13 Å². The highest BCUT2D eigenvalue weighted by Gasteiger charge is 2.04. The molecule has 4 nitrogen and oxygen atoms in total. The number of methoxy groups -OCH3 is 1. The Balaban J connectivity index is 1.83. The van der Waals surface area contributed by atoms with Gasteiger partial charge < -0.3 is 10.1 Å². The summed E-state index contributed by atoms with van der Waals surface area (Å²) in [4.78, 5) is 15.5. The topological polar surface area (TPSA) is 51.2 Å². The Morgan fingerprint density at radius 2 is 2.16 bits per heavy atom. The molecule has 2 rings (SSSR count). The van der Waals surface area contributed by atoms with Gasteiger partial charge in [0.2, 0.25) is 0 Å². The second-order valence-corrected chi connectivity index (χ2v) is 4.87. The van der Waals surface area contributed by atoms with Gasteiger partial charge in [-0.05, 0) is 6.42 Å². The maximum Gasteiger partial charge on any atom is 0.305 e. The molecule has 0 bridgehead atoms. The van der Waals surface area contributed by atoms with Crippen LogP contribution in [0.5, 0.6) is 0 Å². The fourth-order valence-corrected chi connectivity index (χ4v) is 2.38. The Morgan fingerprint density at radius 3 is 2.89 bits per heavy atom. The molecule has 5 heteroatoms. The third kappa shape index (κ3) is 4.06. The first-order valence-corrected chi connectivity index (χ1v) is 6.99. The van der Waals surface area contributed by atoms with Crippen LogP contribution in [0, 0.1) is 0 Å². The molecule has 0 amide bonds. The van der Waals surface area contributed by atoms with Crippen LogP contribution in [0.2, 0.25) is 0 Å². The molecule has 1 N–H and O–H groups in total. The van der Waals surface area contributed by atoms with Gasteiger partial charge in [-0.15, -0.1) is 11.3 Å². The van der Waals surface area contributed by atoms with E-state index in [1.165, 1.54) is 7.11 Å². The molecular formula is C14H16N2O2S. The predicted octanol–water partition coefficient (Wildman–Crippen LogP) is 3.18. The van der Waals surface area contributed by atoms with Crippen LogP contribution < -0.4 is 5.32 Å². The number of thiazole rings is 1. The molecule has 2 aromatic rings. The van der Waals surface area contributed by atoms with Crippen molar-refractivity contribution in [2.75, 3.05) is 19.0 Å². The second-order valence-electron chi connectivity index (χ2n) is 4.01. The lowest BCUT2D eigenvalue weighted by molar-refractivity contribution is -0.140. The molecule has 0 atom stereocenters. The summed E-state index contributed by atoms with van der Waals surface area (Å²) in [5, 5.41) is 6.12. The smallest absolute Gasteiger partial charge is 0.305 e. The lowest BCUT2D eigenvalue weighted by Gasteiger charge is -2.01. The van der Waals surface area contributed by atoms with Crippen molar-refractivity contribution >= 4 is 22.4 Å². The van der Waals surface area contributed by atoms with Crippen LogP contribution >= 0.6 is 11.3 Å². The number of rotatable bonds is 6. The zero-order chi connectivity index (χ0) is 13.5. The zero-order valence-electron chi connectivity index (χ0n) is 10.8. The van der Waals surface area contributed by atoms with Gasteiger partial charge in [0.05, 0.1) is 12.8 Å². The van der Waals surface area contributed by atoms with E-state index in [0.717, 1.165) is 29.4 Å². The maximum absolute atomic E-state index is 10.9. The predicted molar refractivity (Wildman–Crippen MR) is 77.3 cm³/mol. The van der Waals surface area contributed by atoms with Crippen LogP contribution in [-0.4, -0.2) is 24.6 Å². The molecule has 100 valence electrons. The van der Waals surface area contributed by atoms with E-state index in [0.29, 0.717) is 6.42 Å². The van der Waals surface area contributed by atoms with Crippen molar-refractivity contribution in [2.45, 2.75) is 12.8 Å². The third-order valence-electron chi connectivity index (χ3n) is 2.64. The van der Waals surface area contributed by atoms with Gasteiger partial charge in [-0.25, -0.2) is 4.98 Å². The first-order valence-electron chi connectivity index (χ1n) is 6.11. The highest BCUT2D eigenvalue weighted by atomic mass is 32.1. The molecule has 0 saturated carbocycles. The summed E-state index contributed by atoms with van der Waals surface area (Å²) in [6, 6.07) is 10.1. The molecule has 0 aliphatic rings. The Hall–Kier alpha value is -1.88. The van der Waals surface area contributed by atoms with E-state index in [4.69, 9.17) is 0 Å². The van der Waals surface area contributed by atoms with Crippen LogP contribution in [0.15, 0.2) is 35.7 Å². The van der Waals surface area contributed by atoms with Crippen molar-refractivity contribution < 1.29 is 9.53 Å². The normalized spacial score (nSPS) is 10.2. The molecule has 19 heavy (non-hydrogen) atoms. The summed E-state index contributed by atoms with van der Waals surface area (Å²) < 4.78 is 4.58. The number of hydrogen-bond acceptors (Lipinski definition) is 5. The number of nitrogens with one attached hydrogen (secondary N) is 1. The molecule has 0 unspecified atom stereocenters. The van der Waals surface area contributed by atoms with Crippen molar-refractivity contribution in [1.29, 1.82) is 0 Å². The second kappa shape index (κ2) is 6.89. The fraction of sp³-hybridized carbons (Fsp3) is 0.286. The lowest BCUT2D eigenvalue weighted by atomic mass is 10.2. The van der Waals surface area contributed by atoms with E-state index in [9.17, 15) is 4.79 Å². The van der Waals surface area contributed by atoms with Crippen molar-refractivity contribution in [3.63, 3.8) is 0 Å². The van der Waals surface area contributed by atoms with Gasteiger partial charge in [-0.3, -0.25) is 4.79 Å². The van der Waals surface area contributed by atoms with Gasteiger partial charge in [0.1, 0.15) is 0 Å². The third-order valence-corrected chi connectivity index (χ3v) is 3.44. The first-order chi connectivity index (χ1) is 9.29. The molecule has 0 radical (unpaired) electrons. The Bertz CT molecular complexity index is 525. The van der Waals surface area contributed by atoms with Crippen LogP contribution in [0.25, 0.3) is 11.3 Å². The number of ether oxygens (including phenoxy) is 1. The van der Waals surface area contributed by atoms with E-state index >= 15 is 0 Å². The number of hydrogen-bond donors (Lipinski definition) is 1. The van der Waals surface area contributed by atoms with Crippen molar-refractivity contribution in [2.24, 2.45) is 0 Å². The van der Waals surface area contributed by atoms with Gasteiger partial charge in [0, 0.05) is 23.9 Å². The number of carbonyl (C=O) groups is 1. The molecule has 1 aromatic carbocycles. The standard InChI is InChI=1S/C14H16N2O2S/c1-18-13(17)8-5-9-15-14-16-12(10-19-14)11-6-3-2-4-7-11/h2-4,6-7,10H,5,8-9H2,1H3,(H,15,16). The summed E-state index contributed by atoms with van der Waals surface area (Å²) in [6.45, 7) is 0.719. The molecule has 0 aliphatic carbocycles. The minimum atomic E-state index is -0.175. The molecule has 0 fully saturated rings. The number of carbonyl (C=O) groups excluding carboxylic acids is 1. The quantitative estimate of drug-likeness (QED) is 0.650. The van der Waals surface area contributed by atoms with Gasteiger partial charge in [0.25, 0.3) is 0 Å². The number of nitrogens with zero attached hydrogens (tertiary/aromatic N) is 1. The Kier molecular flexibility index (Phi) is 4.92. The maximum atomic E-state index is 10.9. The lowest BCUT2D eigenvalue weighted by Crippen LogP contribution is -2.06. The SMILES string of the molecule is COC(=O)CCCNc1nc(-c2ccccc2)cs1. The Morgan fingerprint density at radius 1 is 1.37 bits per heavy atom. The van der Waals surface area contributed by atoms with Crippen LogP contribution in [-0.2, 0) is 9.53 Å². The first kappa shape index (κ1) is 13.5. The molecule has 1 aromatic heterocycles. The molecular weight excluding hydrogens is 260 g/mol. The average molecular weight is 276 g/mol. The summed E-state index contributed by atoms with van der Waals surface area (Å²) in [5.74, 6) is -0.175. The van der Waals surface area contributed by atoms with Crippen molar-refractivity contribution in [1.82, 2.24) is 4.98 Å². The summed E-state index contributed by atoms with van der Waals surface area (Å²) >= 11 is 1.57. The van der Waals surface area contributed by atoms with Crippen molar-refractivity contribution in [3.05, 3.63) is 35.7 Å². The molecule has 1 heterocycles. The zero-order valence-corrected chi connectivity index (χ0v) is 11.6. The largest absolute Gasteiger partial charge is 0.469 e. The fourth-order valence-electron chi connectivity index (χ4n) is 1.63. The van der Waals surface area contributed by atoms with E-state index in [-0.39, 0.29) is 5.97 Å². The van der Waals surface area contributed by atoms with Gasteiger partial charge in [0.15, 0.2) is 5.13 Å². The molecule has 0 spiro atoms. The summed E-state index contributed by atoms with van der Waals surface area (Å²) in [5.41, 5.74) is 2.09. The van der Waals surface area contributed by atoms with Crippen molar-refractivity contribution in [3.8, 4) is 11.3 Å². The number of anilines is 1. The van der Waals surface area contributed by atoms with E-state index in [1.807, 2.05) is 35.7 Å². The van der Waals surface area contributed by atoms with Crippen LogP contribution in [0.1, 0.15) is 12.8 Å². The summed E-state index contributed by atoms with van der Waals surface area (Å²) in [7, 11) is 1.41. The Labute approximate surface area is 116 Å². The number of benzene rings is 1. The van der Waals surface area contributed by atoms with Crippen LogP contribution in [0.3, 0.4) is 0 Å². The minimum Gasteiger partial charge on any atom is -0.469 e. The van der Waals surface area contributed by atoms with E-state index in [1.54, 1.807) is 11.3 Å². The number of aromatic nitrogens is 1. The van der Waals surface area contributed by atoms with E-state index < -0.39 is 0 Å². The van der Waals surface area contributed by atoms with Gasteiger partial charge in [-0.2, -0.15) is 0 Å². The summed E-state index contributed by atoms with van der Waals surface area (Å²) in [6.07, 6.45) is 1.17. The average Bonchev–Trinajstić information content (AvgIpc) is 2.93. The highest BCUT2D eigenvalue weighted by molar-refractivity contribution is 7.14. The minimum absolute atomic E-state index is 0.175. The molecule has 0 saturated heterocycles. The monoisotopic (exact) mass is 276 g/mol. The van der Waals surface area contributed by atoms with Gasteiger partial charge >= 0.3 is 5.97 Å². The highest BCUT2D eigenvalue weighted by Crippen LogP contribution is 2.24. The van der Waals surface area contributed by atoms with E-state index in [2.05, 4.69) is 15.0 Å².